The first-order chi connectivity index (χ1) is 12.1. The number of anilines is 2. The Labute approximate surface area is 146 Å². The number of hydrogen-bond donors (Lipinski definition) is 3. The lowest BCUT2D eigenvalue weighted by Gasteiger charge is -2.11. The topological polar surface area (TPSA) is 93.4 Å². The summed E-state index contributed by atoms with van der Waals surface area (Å²) in [5.74, 6) is -0.386. The van der Waals surface area contributed by atoms with Crippen molar-refractivity contribution in [2.45, 2.75) is 25.5 Å². The van der Waals surface area contributed by atoms with Gasteiger partial charge in [-0.15, -0.1) is 0 Å². The normalized spacial score (nSPS) is 16.6. The monoisotopic (exact) mass is 339 g/mol. The Morgan fingerprint density at radius 1 is 1.32 bits per heavy atom. The Kier molecular flexibility index (Phi) is 5.11. The molecule has 0 spiro atoms. The lowest BCUT2D eigenvalue weighted by atomic mass is 10.0. The number of benzene rings is 2. The molecule has 0 aromatic heterocycles. The average Bonchev–Trinajstić information content (AvgIpc) is 2.74. The van der Waals surface area contributed by atoms with Gasteiger partial charge < -0.3 is 21.1 Å². The van der Waals surface area contributed by atoms with E-state index in [-0.39, 0.29) is 11.8 Å². The molecular weight excluding hydrogens is 318 g/mol. The molecule has 25 heavy (non-hydrogen) atoms. The van der Waals surface area contributed by atoms with Crippen LogP contribution in [0.4, 0.5) is 11.4 Å². The molecule has 2 aromatic rings. The van der Waals surface area contributed by atoms with Gasteiger partial charge in [-0.3, -0.25) is 9.59 Å². The van der Waals surface area contributed by atoms with Crippen LogP contribution in [0.2, 0.25) is 0 Å². The molecule has 1 atom stereocenters. The van der Waals surface area contributed by atoms with Crippen LogP contribution in [0.3, 0.4) is 0 Å². The number of hydrogen-bond acceptors (Lipinski definition) is 4. The summed E-state index contributed by atoms with van der Waals surface area (Å²) in [6.07, 6.45) is 1.21. The van der Waals surface area contributed by atoms with Crippen LogP contribution in [-0.2, 0) is 22.6 Å². The minimum absolute atomic E-state index is 0.189. The molecule has 0 aliphatic carbocycles. The number of fused-ring (bicyclic) bond motifs is 1. The minimum atomic E-state index is -0.520. The van der Waals surface area contributed by atoms with Gasteiger partial charge in [-0.05, 0) is 54.3 Å². The van der Waals surface area contributed by atoms with Crippen molar-refractivity contribution in [3.63, 3.8) is 0 Å². The van der Waals surface area contributed by atoms with E-state index in [2.05, 4.69) is 10.6 Å². The van der Waals surface area contributed by atoms with Gasteiger partial charge in [-0.25, -0.2) is 0 Å². The Balaban J connectivity index is 1.77. The van der Waals surface area contributed by atoms with Gasteiger partial charge in [0.2, 0.25) is 5.91 Å². The van der Waals surface area contributed by atoms with Crippen molar-refractivity contribution in [1.29, 1.82) is 0 Å². The van der Waals surface area contributed by atoms with E-state index in [0.717, 1.165) is 16.8 Å². The first-order valence-corrected chi connectivity index (χ1v) is 8.15. The van der Waals surface area contributed by atoms with E-state index >= 15 is 0 Å². The highest BCUT2D eigenvalue weighted by Gasteiger charge is 2.21. The van der Waals surface area contributed by atoms with Gasteiger partial charge in [0.05, 0.1) is 12.6 Å². The molecular formula is C19H21N3O3. The van der Waals surface area contributed by atoms with E-state index in [1.54, 1.807) is 19.2 Å². The van der Waals surface area contributed by atoms with Gasteiger partial charge in [-0.2, -0.15) is 0 Å². The van der Waals surface area contributed by atoms with Crippen LogP contribution in [0, 0.1) is 0 Å². The minimum Gasteiger partial charge on any atom is -0.380 e. The first-order valence-electron chi connectivity index (χ1n) is 8.15. The fraction of sp³-hybridized carbons (Fsp3) is 0.263. The molecule has 1 heterocycles. The van der Waals surface area contributed by atoms with Gasteiger partial charge in [0.1, 0.15) is 0 Å². The Hall–Kier alpha value is -2.70. The van der Waals surface area contributed by atoms with Crippen LogP contribution in [0.5, 0.6) is 0 Å². The number of nitrogens with two attached hydrogens (primary N) is 1. The van der Waals surface area contributed by atoms with Crippen LogP contribution >= 0.6 is 0 Å². The smallest absolute Gasteiger partial charge is 0.255 e. The number of carbonyl (C=O) groups excluding carboxylic acids is 2. The predicted octanol–water partition coefficient (Wildman–Crippen LogP) is 2.30. The van der Waals surface area contributed by atoms with Crippen LogP contribution in [0.1, 0.15) is 27.9 Å². The molecule has 3 rings (SSSR count). The zero-order chi connectivity index (χ0) is 17.8. The molecule has 1 aliphatic rings. The predicted molar refractivity (Wildman–Crippen MR) is 96.5 cm³/mol. The van der Waals surface area contributed by atoms with Crippen LogP contribution in [-0.4, -0.2) is 25.0 Å². The third-order valence-corrected chi connectivity index (χ3v) is 4.18. The number of nitrogens with one attached hydrogen (secondary N) is 2. The molecule has 0 bridgehead atoms. The van der Waals surface area contributed by atoms with Gasteiger partial charge in [0, 0.05) is 24.0 Å². The second kappa shape index (κ2) is 7.46. The van der Waals surface area contributed by atoms with Crippen molar-refractivity contribution in [2.24, 2.45) is 5.73 Å². The molecule has 0 radical (unpaired) electrons. The summed E-state index contributed by atoms with van der Waals surface area (Å²) in [4.78, 5) is 24.3. The zero-order valence-electron chi connectivity index (χ0n) is 14.0. The van der Waals surface area contributed by atoms with E-state index in [1.807, 2.05) is 30.3 Å². The largest absolute Gasteiger partial charge is 0.380 e. The maximum atomic E-state index is 12.5. The molecule has 0 saturated carbocycles. The Bertz CT molecular complexity index is 804. The number of amides is 2. The maximum absolute atomic E-state index is 12.5. The standard InChI is InChI=1S/C19H21N3O3/c1-25-11-12-3-2-4-15(9-12)21-18(23)14-6-8-17-13(10-14)5-7-16(20)19(24)22-17/h2-4,6,8-10,16H,5,7,11,20H2,1H3,(H,21,23)(H,22,24). The summed E-state index contributed by atoms with van der Waals surface area (Å²) in [6, 6.07) is 12.3. The second-order valence-electron chi connectivity index (χ2n) is 6.09. The number of ether oxygens (including phenoxy) is 1. The quantitative estimate of drug-likeness (QED) is 0.797. The number of methoxy groups -OCH3 is 1. The van der Waals surface area contributed by atoms with E-state index in [4.69, 9.17) is 10.5 Å². The maximum Gasteiger partial charge on any atom is 0.255 e. The number of aryl methyl sites for hydroxylation is 1. The van der Waals surface area contributed by atoms with Crippen LogP contribution in [0.15, 0.2) is 42.5 Å². The van der Waals surface area contributed by atoms with E-state index in [9.17, 15) is 9.59 Å². The molecule has 2 aromatic carbocycles. The molecule has 130 valence electrons. The highest BCUT2D eigenvalue weighted by molar-refractivity contribution is 6.05. The van der Waals surface area contributed by atoms with Gasteiger partial charge in [0.15, 0.2) is 0 Å². The SMILES string of the molecule is COCc1cccc(NC(=O)c2ccc3c(c2)CCC(N)C(=O)N3)c1. The number of carbonyl (C=O) groups is 2. The summed E-state index contributed by atoms with van der Waals surface area (Å²) in [6.45, 7) is 0.489. The van der Waals surface area contributed by atoms with E-state index < -0.39 is 6.04 Å². The van der Waals surface area contributed by atoms with E-state index in [0.29, 0.717) is 30.7 Å². The second-order valence-corrected chi connectivity index (χ2v) is 6.09. The lowest BCUT2D eigenvalue weighted by Crippen LogP contribution is -2.34. The molecule has 2 amide bonds. The third-order valence-electron chi connectivity index (χ3n) is 4.18. The molecule has 0 fully saturated rings. The fourth-order valence-electron chi connectivity index (χ4n) is 2.84. The summed E-state index contributed by atoms with van der Waals surface area (Å²) in [5.41, 5.74) is 9.67. The van der Waals surface area contributed by atoms with Crippen LogP contribution in [0.25, 0.3) is 0 Å². The summed E-state index contributed by atoms with van der Waals surface area (Å²) in [5, 5.41) is 5.69. The van der Waals surface area contributed by atoms with Crippen molar-refractivity contribution < 1.29 is 14.3 Å². The molecule has 0 saturated heterocycles. The lowest BCUT2D eigenvalue weighted by molar-refractivity contribution is -0.117. The highest BCUT2D eigenvalue weighted by Crippen LogP contribution is 2.23. The molecule has 1 aliphatic heterocycles. The summed E-state index contributed by atoms with van der Waals surface area (Å²) in [7, 11) is 1.63. The summed E-state index contributed by atoms with van der Waals surface area (Å²) < 4.78 is 5.11. The van der Waals surface area contributed by atoms with E-state index in [1.165, 1.54) is 0 Å². The summed E-state index contributed by atoms with van der Waals surface area (Å²) >= 11 is 0. The van der Waals surface area contributed by atoms with Crippen molar-refractivity contribution in [2.75, 3.05) is 17.7 Å². The number of rotatable bonds is 4. The van der Waals surface area contributed by atoms with Crippen molar-refractivity contribution in [3.8, 4) is 0 Å². The van der Waals surface area contributed by atoms with Crippen molar-refractivity contribution >= 4 is 23.2 Å². The highest BCUT2D eigenvalue weighted by atomic mass is 16.5. The first kappa shape index (κ1) is 17.1. The average molecular weight is 339 g/mol. The van der Waals surface area contributed by atoms with Crippen molar-refractivity contribution in [1.82, 2.24) is 0 Å². The molecule has 1 unspecified atom stereocenters. The van der Waals surface area contributed by atoms with Gasteiger partial charge in [0.25, 0.3) is 5.91 Å². The van der Waals surface area contributed by atoms with Gasteiger partial charge in [-0.1, -0.05) is 12.1 Å². The molecule has 4 N–H and O–H groups in total. The van der Waals surface area contributed by atoms with Gasteiger partial charge >= 0.3 is 0 Å². The zero-order valence-corrected chi connectivity index (χ0v) is 14.0. The molecule has 6 heteroatoms. The van der Waals surface area contributed by atoms with Crippen molar-refractivity contribution in [3.05, 3.63) is 59.2 Å². The fourth-order valence-corrected chi connectivity index (χ4v) is 2.84. The third kappa shape index (κ3) is 4.04. The van der Waals surface area contributed by atoms with Crippen LogP contribution < -0.4 is 16.4 Å². The molecule has 6 nitrogen and oxygen atoms in total. The Morgan fingerprint density at radius 3 is 2.96 bits per heavy atom. The Morgan fingerprint density at radius 2 is 2.16 bits per heavy atom.